The molecule has 3 aliphatic rings. The van der Waals surface area contributed by atoms with Crippen LogP contribution in [0.2, 0.25) is 0 Å². The van der Waals surface area contributed by atoms with Gasteiger partial charge in [0.05, 0.1) is 16.1 Å². The molecule has 37 heavy (non-hydrogen) atoms. The van der Waals surface area contributed by atoms with Gasteiger partial charge < -0.3 is 14.7 Å². The summed E-state index contributed by atoms with van der Waals surface area (Å²) in [6, 6.07) is 12.7. The highest BCUT2D eigenvalue weighted by Crippen LogP contribution is 2.34. The van der Waals surface area contributed by atoms with Crippen molar-refractivity contribution in [2.75, 3.05) is 51.2 Å². The van der Waals surface area contributed by atoms with E-state index < -0.39 is 0 Å². The van der Waals surface area contributed by atoms with Gasteiger partial charge in [0.25, 0.3) is 5.91 Å². The molecule has 0 spiro atoms. The van der Waals surface area contributed by atoms with E-state index >= 15 is 0 Å². The number of hydrogen-bond donors (Lipinski definition) is 0. The van der Waals surface area contributed by atoms with Crippen molar-refractivity contribution in [1.29, 1.82) is 0 Å². The van der Waals surface area contributed by atoms with Crippen molar-refractivity contribution < 1.29 is 4.79 Å². The van der Waals surface area contributed by atoms with Gasteiger partial charge in [0.2, 0.25) is 0 Å². The molecular weight excluding hydrogens is 480 g/mol. The third-order valence-corrected chi connectivity index (χ3v) is 8.55. The number of aromatic nitrogens is 2. The molecule has 0 radical (unpaired) electrons. The fourth-order valence-corrected chi connectivity index (χ4v) is 6.33. The van der Waals surface area contributed by atoms with Crippen LogP contribution in [-0.4, -0.2) is 77.2 Å². The van der Waals surface area contributed by atoms with Gasteiger partial charge in [-0.3, -0.25) is 4.79 Å². The molecule has 1 aromatic heterocycles. The number of rotatable bonds is 3. The number of carbonyl (C=O) groups is 1. The Morgan fingerprint density at radius 3 is 2.49 bits per heavy atom. The topological polar surface area (TPSA) is 64.9 Å². The van der Waals surface area contributed by atoms with Gasteiger partial charge in [-0.05, 0) is 86.5 Å². The van der Waals surface area contributed by atoms with Crippen LogP contribution in [0.4, 0.5) is 5.69 Å². The van der Waals surface area contributed by atoms with Crippen molar-refractivity contribution in [1.82, 2.24) is 19.8 Å². The number of hydrogen-bond acceptors (Lipinski definition) is 7. The number of aliphatic imine (C=N–C) groups is 1. The standard InChI is InChI=1S/C29H32N6OS/c1-20-16-22(7-9-25(20)34-14-12-33(2)13-15-34)27-23-17-21(6-8-24(23)30-19-31-27)18-26-28(36)32-29(37-26)35-10-4-3-5-11-35/h6-9,16-19H,3-5,10-15H2,1-2H3. The van der Waals surface area contributed by atoms with E-state index in [1.165, 1.54) is 29.4 Å². The predicted octanol–water partition coefficient (Wildman–Crippen LogP) is 4.81. The van der Waals surface area contributed by atoms with E-state index in [1.807, 2.05) is 18.2 Å². The van der Waals surface area contributed by atoms with Crippen LogP contribution in [-0.2, 0) is 4.79 Å². The smallest absolute Gasteiger partial charge is 0.286 e. The molecule has 1 amide bonds. The lowest BCUT2D eigenvalue weighted by atomic mass is 10.0. The molecule has 4 heterocycles. The van der Waals surface area contributed by atoms with Crippen molar-refractivity contribution in [2.24, 2.45) is 4.99 Å². The fraction of sp³-hybridized carbons (Fsp3) is 0.379. The van der Waals surface area contributed by atoms with Crippen LogP contribution in [0.5, 0.6) is 0 Å². The molecule has 2 saturated heterocycles. The van der Waals surface area contributed by atoms with Gasteiger partial charge in [-0.2, -0.15) is 4.99 Å². The zero-order valence-corrected chi connectivity index (χ0v) is 22.3. The second kappa shape index (κ2) is 10.3. The van der Waals surface area contributed by atoms with Crippen LogP contribution >= 0.6 is 11.8 Å². The summed E-state index contributed by atoms with van der Waals surface area (Å²) in [5, 5.41) is 1.83. The second-order valence-corrected chi connectivity index (χ2v) is 11.2. The van der Waals surface area contributed by atoms with E-state index in [0.717, 1.165) is 85.0 Å². The molecule has 190 valence electrons. The van der Waals surface area contributed by atoms with Crippen molar-refractivity contribution >= 4 is 45.5 Å². The van der Waals surface area contributed by atoms with E-state index in [0.29, 0.717) is 4.91 Å². The summed E-state index contributed by atoms with van der Waals surface area (Å²) in [4.78, 5) is 34.0. The molecule has 3 aromatic rings. The summed E-state index contributed by atoms with van der Waals surface area (Å²) in [6.45, 7) is 8.41. The van der Waals surface area contributed by atoms with E-state index in [9.17, 15) is 4.79 Å². The van der Waals surface area contributed by atoms with Crippen LogP contribution in [0.15, 0.2) is 52.6 Å². The highest BCUT2D eigenvalue weighted by atomic mass is 32.2. The summed E-state index contributed by atoms with van der Waals surface area (Å²) in [5.41, 5.74) is 6.39. The summed E-state index contributed by atoms with van der Waals surface area (Å²) in [6.07, 6.45) is 7.16. The number of likely N-dealkylation sites (N-methyl/N-ethyl adjacent to an activating group) is 1. The number of nitrogens with zero attached hydrogens (tertiary/aromatic N) is 6. The first-order valence-corrected chi connectivity index (χ1v) is 13.9. The zero-order chi connectivity index (χ0) is 25.4. The van der Waals surface area contributed by atoms with Crippen molar-refractivity contribution in [2.45, 2.75) is 26.2 Å². The first-order chi connectivity index (χ1) is 18.0. The minimum absolute atomic E-state index is 0.148. The molecular formula is C29H32N6OS. The number of likely N-dealkylation sites (tertiary alicyclic amines) is 1. The van der Waals surface area contributed by atoms with Crippen LogP contribution < -0.4 is 4.90 Å². The minimum Gasteiger partial charge on any atom is -0.369 e. The Balaban J connectivity index is 1.28. The summed E-state index contributed by atoms with van der Waals surface area (Å²) < 4.78 is 0. The molecule has 2 fully saturated rings. The number of piperidine rings is 1. The number of amidine groups is 1. The first-order valence-electron chi connectivity index (χ1n) is 13.1. The average molecular weight is 513 g/mol. The number of fused-ring (bicyclic) bond motifs is 1. The summed E-state index contributed by atoms with van der Waals surface area (Å²) in [5.74, 6) is -0.148. The molecule has 0 N–H and O–H groups in total. The van der Waals surface area contributed by atoms with Gasteiger partial charge in [-0.25, -0.2) is 9.97 Å². The number of aryl methyl sites for hydroxylation is 1. The predicted molar refractivity (Wildman–Crippen MR) is 153 cm³/mol. The highest BCUT2D eigenvalue weighted by molar-refractivity contribution is 8.18. The Hall–Kier alpha value is -3.23. The Labute approximate surface area is 222 Å². The quantitative estimate of drug-likeness (QED) is 0.467. The number of thioether (sulfide) groups is 1. The average Bonchev–Trinajstić information content (AvgIpc) is 3.29. The Kier molecular flexibility index (Phi) is 6.69. The highest BCUT2D eigenvalue weighted by Gasteiger charge is 2.27. The molecule has 6 rings (SSSR count). The maximum Gasteiger partial charge on any atom is 0.286 e. The van der Waals surface area contributed by atoms with Crippen LogP contribution in [0.25, 0.3) is 28.2 Å². The monoisotopic (exact) mass is 512 g/mol. The van der Waals surface area contributed by atoms with Crippen molar-refractivity contribution in [3.8, 4) is 11.3 Å². The third-order valence-electron chi connectivity index (χ3n) is 7.51. The zero-order valence-electron chi connectivity index (χ0n) is 21.5. The van der Waals surface area contributed by atoms with Crippen LogP contribution in [0.1, 0.15) is 30.4 Å². The Morgan fingerprint density at radius 1 is 0.892 bits per heavy atom. The Bertz CT molecular complexity index is 1400. The number of benzene rings is 2. The molecule has 3 aliphatic heterocycles. The lowest BCUT2D eigenvalue weighted by Crippen LogP contribution is -2.44. The lowest BCUT2D eigenvalue weighted by molar-refractivity contribution is -0.113. The molecule has 2 aromatic carbocycles. The van der Waals surface area contributed by atoms with Gasteiger partial charge in [0.1, 0.15) is 6.33 Å². The number of amides is 1. The summed E-state index contributed by atoms with van der Waals surface area (Å²) >= 11 is 1.49. The SMILES string of the molecule is Cc1cc(-c2ncnc3ccc(C=C4SC(N5CCCCC5)=NC4=O)cc23)ccc1N1CCN(C)CC1. The van der Waals surface area contributed by atoms with Crippen molar-refractivity contribution in [3.63, 3.8) is 0 Å². The van der Waals surface area contributed by atoms with Crippen LogP contribution in [0, 0.1) is 6.92 Å². The number of carbonyl (C=O) groups excluding carboxylic acids is 1. The molecule has 0 bridgehead atoms. The van der Waals surface area contributed by atoms with E-state index in [-0.39, 0.29) is 5.91 Å². The normalized spacial score (nSPS) is 20.2. The van der Waals surface area contributed by atoms with Crippen LogP contribution in [0.3, 0.4) is 0 Å². The van der Waals surface area contributed by atoms with Gasteiger partial charge in [-0.1, -0.05) is 12.1 Å². The molecule has 0 unspecified atom stereocenters. The van der Waals surface area contributed by atoms with E-state index in [2.05, 4.69) is 67.9 Å². The fourth-order valence-electron chi connectivity index (χ4n) is 5.37. The van der Waals surface area contributed by atoms with Gasteiger partial charge >= 0.3 is 0 Å². The second-order valence-electron chi connectivity index (χ2n) is 10.1. The molecule has 0 aliphatic carbocycles. The maximum absolute atomic E-state index is 12.7. The number of piperazine rings is 1. The first kappa shape index (κ1) is 24.1. The van der Waals surface area contributed by atoms with E-state index in [4.69, 9.17) is 0 Å². The minimum atomic E-state index is -0.148. The molecule has 0 saturated carbocycles. The van der Waals surface area contributed by atoms with Crippen molar-refractivity contribution in [3.05, 3.63) is 58.8 Å². The van der Waals surface area contributed by atoms with E-state index in [1.54, 1.807) is 6.33 Å². The third kappa shape index (κ3) is 5.00. The number of anilines is 1. The molecule has 8 heteroatoms. The van der Waals surface area contributed by atoms with Gasteiger partial charge in [-0.15, -0.1) is 0 Å². The molecule has 0 atom stereocenters. The largest absolute Gasteiger partial charge is 0.369 e. The Morgan fingerprint density at radius 2 is 1.70 bits per heavy atom. The summed E-state index contributed by atoms with van der Waals surface area (Å²) in [7, 11) is 2.18. The van der Waals surface area contributed by atoms with Gasteiger partial charge in [0.15, 0.2) is 5.17 Å². The van der Waals surface area contributed by atoms with Gasteiger partial charge in [0, 0.05) is 55.9 Å². The molecule has 7 nitrogen and oxygen atoms in total. The lowest BCUT2D eigenvalue weighted by Gasteiger charge is -2.35. The maximum atomic E-state index is 12.7.